The van der Waals surface area contributed by atoms with Crippen LogP contribution >= 0.6 is 0 Å². The lowest BCUT2D eigenvalue weighted by atomic mass is 10.3. The van der Waals surface area contributed by atoms with Gasteiger partial charge < -0.3 is 10.2 Å². The zero-order valence-corrected chi connectivity index (χ0v) is 8.91. The summed E-state index contributed by atoms with van der Waals surface area (Å²) in [6, 6.07) is 13.6. The Morgan fingerprint density at radius 3 is 2.18 bits per heavy atom. The molecule has 1 heterocycles. The molecule has 3 aromatic rings. The zero-order valence-electron chi connectivity index (χ0n) is 8.91. The number of hydrogen-bond acceptors (Lipinski definition) is 4. The maximum Gasteiger partial charge on any atom is 0.119 e. The van der Waals surface area contributed by atoms with Crippen LogP contribution in [0, 0.1) is 0 Å². The van der Waals surface area contributed by atoms with Crippen LogP contribution in [0.4, 0.5) is 0 Å². The Balaban J connectivity index is 0.000000128. The van der Waals surface area contributed by atoms with Crippen molar-refractivity contribution < 1.29 is 10.2 Å². The van der Waals surface area contributed by atoms with E-state index in [-0.39, 0.29) is 11.5 Å². The molecule has 0 aliphatic rings. The Morgan fingerprint density at radius 1 is 0.882 bits per heavy atom. The number of aromatic amines is 1. The van der Waals surface area contributed by atoms with Crippen molar-refractivity contribution >= 4 is 11.0 Å². The molecule has 3 N–H and O–H groups in total. The van der Waals surface area contributed by atoms with Crippen LogP contribution in [0.2, 0.25) is 0 Å². The highest BCUT2D eigenvalue weighted by molar-refractivity contribution is 5.72. The van der Waals surface area contributed by atoms with Crippen molar-refractivity contribution in [3.63, 3.8) is 0 Å². The highest BCUT2D eigenvalue weighted by Gasteiger charge is 1.90. The number of nitrogens with one attached hydrogen (secondary N) is 1. The Labute approximate surface area is 97.3 Å². The summed E-state index contributed by atoms with van der Waals surface area (Å²) in [4.78, 5) is 0. The number of phenolic OH excluding ortho intramolecular Hbond substituents is 2. The summed E-state index contributed by atoms with van der Waals surface area (Å²) in [6.07, 6.45) is 0. The smallest absolute Gasteiger partial charge is 0.119 e. The first-order valence-corrected chi connectivity index (χ1v) is 4.99. The van der Waals surface area contributed by atoms with Gasteiger partial charge in [0, 0.05) is 6.07 Å². The van der Waals surface area contributed by atoms with Gasteiger partial charge in [0.05, 0.1) is 5.52 Å². The Bertz CT molecular complexity index is 560. The predicted octanol–water partition coefficient (Wildman–Crippen LogP) is 2.06. The SMILES string of the molecule is Oc1cccc(O)c1.c1ccc2[nH]nnc2c1. The van der Waals surface area contributed by atoms with Gasteiger partial charge in [-0.15, -0.1) is 5.10 Å². The number of benzene rings is 2. The molecule has 0 amide bonds. The molecule has 2 aromatic carbocycles. The van der Waals surface area contributed by atoms with Crippen molar-refractivity contribution in [3.8, 4) is 11.5 Å². The molecule has 5 nitrogen and oxygen atoms in total. The topological polar surface area (TPSA) is 82.0 Å². The van der Waals surface area contributed by atoms with E-state index in [9.17, 15) is 0 Å². The van der Waals surface area contributed by atoms with Crippen LogP contribution in [0.25, 0.3) is 11.0 Å². The average molecular weight is 229 g/mol. The van der Waals surface area contributed by atoms with Crippen LogP contribution in [-0.2, 0) is 0 Å². The van der Waals surface area contributed by atoms with E-state index in [1.165, 1.54) is 18.2 Å². The third-order valence-electron chi connectivity index (χ3n) is 2.06. The van der Waals surface area contributed by atoms with E-state index in [2.05, 4.69) is 15.4 Å². The minimum absolute atomic E-state index is 0.0880. The van der Waals surface area contributed by atoms with Crippen molar-refractivity contribution in [1.82, 2.24) is 15.4 Å². The number of nitrogens with zero attached hydrogens (tertiary/aromatic N) is 2. The molecule has 3 rings (SSSR count). The first-order chi connectivity index (χ1) is 8.25. The second-order valence-electron chi connectivity index (χ2n) is 3.35. The molecular weight excluding hydrogens is 218 g/mol. The molecule has 0 atom stereocenters. The fourth-order valence-corrected chi connectivity index (χ4v) is 1.28. The molecule has 0 saturated heterocycles. The van der Waals surface area contributed by atoms with E-state index in [0.717, 1.165) is 11.0 Å². The van der Waals surface area contributed by atoms with Gasteiger partial charge >= 0.3 is 0 Å². The van der Waals surface area contributed by atoms with E-state index in [4.69, 9.17) is 10.2 Å². The quantitative estimate of drug-likeness (QED) is 0.551. The molecule has 0 fully saturated rings. The fourth-order valence-electron chi connectivity index (χ4n) is 1.28. The number of aromatic hydroxyl groups is 2. The summed E-state index contributed by atoms with van der Waals surface area (Å²) >= 11 is 0. The lowest BCUT2D eigenvalue weighted by Crippen LogP contribution is -1.63. The number of rotatable bonds is 0. The molecule has 0 aliphatic carbocycles. The van der Waals surface area contributed by atoms with Gasteiger partial charge in [-0.25, -0.2) is 0 Å². The van der Waals surface area contributed by atoms with E-state index in [0.29, 0.717) is 0 Å². The van der Waals surface area contributed by atoms with Gasteiger partial charge in [0.2, 0.25) is 0 Å². The molecule has 0 spiro atoms. The lowest BCUT2D eigenvalue weighted by molar-refractivity contribution is 0.450. The Hall–Kier alpha value is -2.56. The van der Waals surface area contributed by atoms with Gasteiger partial charge in [-0.1, -0.05) is 23.4 Å². The van der Waals surface area contributed by atoms with E-state index >= 15 is 0 Å². The third kappa shape index (κ3) is 2.94. The molecule has 0 saturated carbocycles. The second kappa shape index (κ2) is 4.98. The predicted molar refractivity (Wildman–Crippen MR) is 63.7 cm³/mol. The van der Waals surface area contributed by atoms with Crippen molar-refractivity contribution in [2.45, 2.75) is 0 Å². The fraction of sp³-hybridized carbons (Fsp3) is 0. The molecule has 5 heteroatoms. The van der Waals surface area contributed by atoms with Gasteiger partial charge in [0.25, 0.3) is 0 Å². The first kappa shape index (κ1) is 10.9. The maximum atomic E-state index is 8.65. The highest BCUT2D eigenvalue weighted by Crippen LogP contribution is 2.14. The monoisotopic (exact) mass is 229 g/mol. The van der Waals surface area contributed by atoms with Crippen LogP contribution in [0.5, 0.6) is 11.5 Å². The summed E-state index contributed by atoms with van der Waals surface area (Å²) in [6.45, 7) is 0. The van der Waals surface area contributed by atoms with Crippen molar-refractivity contribution in [2.24, 2.45) is 0 Å². The summed E-state index contributed by atoms with van der Waals surface area (Å²) in [7, 11) is 0. The van der Waals surface area contributed by atoms with Crippen molar-refractivity contribution in [3.05, 3.63) is 48.5 Å². The first-order valence-electron chi connectivity index (χ1n) is 4.99. The Kier molecular flexibility index (Phi) is 3.20. The zero-order chi connectivity index (χ0) is 12.1. The van der Waals surface area contributed by atoms with Gasteiger partial charge in [0.1, 0.15) is 17.0 Å². The standard InChI is InChI=1S/C6H5N3.C6H6O2/c1-2-4-6-5(3-1)7-9-8-6;7-5-2-1-3-6(8)4-5/h1-4H,(H,7,8,9);1-4,7-8H. The molecule has 0 radical (unpaired) electrons. The molecule has 1 aromatic heterocycles. The van der Waals surface area contributed by atoms with E-state index in [1.54, 1.807) is 6.07 Å². The summed E-state index contributed by atoms with van der Waals surface area (Å²) in [5.74, 6) is 0.176. The van der Waals surface area contributed by atoms with Crippen LogP contribution in [0.3, 0.4) is 0 Å². The normalized spacial score (nSPS) is 9.65. The van der Waals surface area contributed by atoms with E-state index < -0.39 is 0 Å². The minimum atomic E-state index is 0.0880. The molecule has 0 bridgehead atoms. The number of para-hydroxylation sites is 1. The highest BCUT2D eigenvalue weighted by atomic mass is 16.3. The van der Waals surface area contributed by atoms with Gasteiger partial charge in [-0.3, -0.25) is 5.10 Å². The minimum Gasteiger partial charge on any atom is -0.508 e. The van der Waals surface area contributed by atoms with Crippen LogP contribution in [0.1, 0.15) is 0 Å². The van der Waals surface area contributed by atoms with Gasteiger partial charge in [0.15, 0.2) is 0 Å². The van der Waals surface area contributed by atoms with Gasteiger partial charge in [-0.2, -0.15) is 0 Å². The van der Waals surface area contributed by atoms with Crippen LogP contribution < -0.4 is 0 Å². The Morgan fingerprint density at radius 2 is 1.59 bits per heavy atom. The molecule has 0 unspecified atom stereocenters. The molecular formula is C12H11N3O2. The number of fused-ring (bicyclic) bond motifs is 1. The molecule has 17 heavy (non-hydrogen) atoms. The number of H-pyrrole nitrogens is 1. The van der Waals surface area contributed by atoms with Crippen LogP contribution in [-0.4, -0.2) is 25.6 Å². The summed E-state index contributed by atoms with van der Waals surface area (Å²) in [5, 5.41) is 27.5. The average Bonchev–Trinajstić information content (AvgIpc) is 2.77. The largest absolute Gasteiger partial charge is 0.508 e. The summed E-state index contributed by atoms with van der Waals surface area (Å²) in [5.41, 5.74) is 1.90. The van der Waals surface area contributed by atoms with Crippen LogP contribution in [0.15, 0.2) is 48.5 Å². The van der Waals surface area contributed by atoms with E-state index in [1.807, 2.05) is 24.3 Å². The summed E-state index contributed by atoms with van der Waals surface area (Å²) < 4.78 is 0. The van der Waals surface area contributed by atoms with Gasteiger partial charge in [-0.05, 0) is 24.3 Å². The maximum absolute atomic E-state index is 8.65. The molecule has 86 valence electrons. The third-order valence-corrected chi connectivity index (χ3v) is 2.06. The number of hydrogen-bond donors (Lipinski definition) is 3. The lowest BCUT2D eigenvalue weighted by Gasteiger charge is -1.89. The second-order valence-corrected chi connectivity index (χ2v) is 3.35. The number of aromatic nitrogens is 3. The number of phenols is 2. The van der Waals surface area contributed by atoms with Crippen molar-refractivity contribution in [2.75, 3.05) is 0 Å². The molecule has 0 aliphatic heterocycles. The van der Waals surface area contributed by atoms with Crippen molar-refractivity contribution in [1.29, 1.82) is 0 Å².